The van der Waals surface area contributed by atoms with Crippen molar-refractivity contribution in [1.82, 2.24) is 0 Å². The Labute approximate surface area is 182 Å². The Balaban J connectivity index is 1.87. The van der Waals surface area contributed by atoms with Gasteiger partial charge in [-0.1, -0.05) is 19.1 Å². The first-order chi connectivity index (χ1) is 15.4. The van der Waals surface area contributed by atoms with Gasteiger partial charge in [0.05, 0.1) is 24.1 Å². The molecule has 0 aliphatic carbocycles. The van der Waals surface area contributed by atoms with Crippen LogP contribution < -0.4 is 9.64 Å². The summed E-state index contributed by atoms with van der Waals surface area (Å²) in [5.74, 6) is -3.81. The van der Waals surface area contributed by atoms with Crippen molar-refractivity contribution in [3.63, 3.8) is 0 Å². The smallest absolute Gasteiger partial charge is 0.300 e. The number of nitrogens with zero attached hydrogens (tertiary/aromatic N) is 1. The van der Waals surface area contributed by atoms with Gasteiger partial charge in [0, 0.05) is 11.6 Å². The molecule has 1 atom stereocenters. The highest BCUT2D eigenvalue weighted by Gasteiger charge is 2.49. The first-order valence-electron chi connectivity index (χ1n) is 9.95. The SMILES string of the molecule is CCCOc1cccc(/C(O)=C2/C(=O)C(=O)N(c3ccc(F)cc3F)C2c2ccco2)c1. The van der Waals surface area contributed by atoms with Crippen LogP contribution in [0.2, 0.25) is 0 Å². The average molecular weight is 439 g/mol. The number of hydrogen-bond donors (Lipinski definition) is 1. The summed E-state index contributed by atoms with van der Waals surface area (Å²) in [6.07, 6.45) is 2.11. The summed E-state index contributed by atoms with van der Waals surface area (Å²) < 4.78 is 39.0. The zero-order chi connectivity index (χ0) is 22.8. The van der Waals surface area contributed by atoms with Gasteiger partial charge in [0.25, 0.3) is 11.7 Å². The van der Waals surface area contributed by atoms with E-state index in [-0.39, 0.29) is 22.6 Å². The Morgan fingerprint density at radius 1 is 1.12 bits per heavy atom. The molecular weight excluding hydrogens is 420 g/mol. The third kappa shape index (κ3) is 3.75. The Bertz CT molecular complexity index is 1200. The standard InChI is InChI=1S/C24H19F2NO5/c1-2-10-31-16-6-3-5-14(12-16)22(28)20-21(19-7-4-11-32-19)27(24(30)23(20)29)18-9-8-15(25)13-17(18)26/h3-9,11-13,21,28H,2,10H2,1H3/b22-20-. The summed E-state index contributed by atoms with van der Waals surface area (Å²) in [5.41, 5.74) is -0.344. The van der Waals surface area contributed by atoms with Crippen molar-refractivity contribution >= 4 is 23.1 Å². The van der Waals surface area contributed by atoms with Gasteiger partial charge in [-0.05, 0) is 42.8 Å². The number of furan rings is 1. The third-order valence-electron chi connectivity index (χ3n) is 5.01. The number of Topliss-reactive ketones (excluding diaryl/α,β-unsaturated/α-hetero) is 1. The Kier molecular flexibility index (Phi) is 5.77. The quantitative estimate of drug-likeness (QED) is 0.333. The zero-order valence-electron chi connectivity index (χ0n) is 17.0. The van der Waals surface area contributed by atoms with Gasteiger partial charge in [-0.2, -0.15) is 0 Å². The van der Waals surface area contributed by atoms with Crippen LogP contribution >= 0.6 is 0 Å². The fourth-order valence-corrected chi connectivity index (χ4v) is 3.58. The number of ether oxygens (including phenoxy) is 1. The van der Waals surface area contributed by atoms with Crippen LogP contribution in [-0.2, 0) is 9.59 Å². The summed E-state index contributed by atoms with van der Waals surface area (Å²) in [7, 11) is 0. The van der Waals surface area contributed by atoms with Crippen LogP contribution in [0, 0.1) is 11.6 Å². The van der Waals surface area contributed by atoms with Crippen LogP contribution in [0.25, 0.3) is 5.76 Å². The molecule has 32 heavy (non-hydrogen) atoms. The van der Waals surface area contributed by atoms with E-state index in [0.29, 0.717) is 18.4 Å². The van der Waals surface area contributed by atoms with Gasteiger partial charge >= 0.3 is 0 Å². The molecular formula is C24H19F2NO5. The summed E-state index contributed by atoms with van der Waals surface area (Å²) >= 11 is 0. The van der Waals surface area contributed by atoms with E-state index in [2.05, 4.69) is 0 Å². The predicted molar refractivity (Wildman–Crippen MR) is 112 cm³/mol. The largest absolute Gasteiger partial charge is 0.507 e. The lowest BCUT2D eigenvalue weighted by molar-refractivity contribution is -0.132. The molecule has 0 bridgehead atoms. The number of ketones is 1. The number of rotatable bonds is 6. The van der Waals surface area contributed by atoms with E-state index in [1.54, 1.807) is 18.2 Å². The van der Waals surface area contributed by atoms with Crippen LogP contribution in [-0.4, -0.2) is 23.4 Å². The molecule has 4 rings (SSSR count). The molecule has 8 heteroatoms. The number of benzene rings is 2. The number of halogens is 2. The molecule has 1 aromatic heterocycles. The number of anilines is 1. The molecule has 164 valence electrons. The van der Waals surface area contributed by atoms with Gasteiger partial charge in [0.15, 0.2) is 0 Å². The lowest BCUT2D eigenvalue weighted by Gasteiger charge is -2.23. The van der Waals surface area contributed by atoms with Gasteiger partial charge in [-0.3, -0.25) is 14.5 Å². The maximum atomic E-state index is 14.6. The number of aliphatic hydroxyl groups is 1. The highest BCUT2D eigenvalue weighted by atomic mass is 19.1. The van der Waals surface area contributed by atoms with Gasteiger partial charge in [-0.15, -0.1) is 0 Å². The van der Waals surface area contributed by atoms with E-state index in [9.17, 15) is 23.5 Å². The van der Waals surface area contributed by atoms with Crippen LogP contribution in [0.15, 0.2) is 70.9 Å². The van der Waals surface area contributed by atoms with E-state index in [4.69, 9.17) is 9.15 Å². The second kappa shape index (κ2) is 8.66. The van der Waals surface area contributed by atoms with Crippen molar-refractivity contribution in [2.75, 3.05) is 11.5 Å². The fourth-order valence-electron chi connectivity index (χ4n) is 3.58. The third-order valence-corrected chi connectivity index (χ3v) is 5.01. The number of carbonyl (C=O) groups excluding carboxylic acids is 2. The van der Waals surface area contributed by atoms with E-state index in [1.165, 1.54) is 24.5 Å². The molecule has 1 N–H and O–H groups in total. The monoisotopic (exact) mass is 439 g/mol. The predicted octanol–water partition coefficient (Wildman–Crippen LogP) is 4.97. The van der Waals surface area contributed by atoms with E-state index in [1.807, 2.05) is 6.92 Å². The number of carbonyl (C=O) groups is 2. The molecule has 1 saturated heterocycles. The fraction of sp³-hybridized carbons (Fsp3) is 0.167. The van der Waals surface area contributed by atoms with Crippen LogP contribution in [0.4, 0.5) is 14.5 Å². The molecule has 0 saturated carbocycles. The molecule has 1 unspecified atom stereocenters. The number of amides is 1. The summed E-state index contributed by atoms with van der Waals surface area (Å²) in [6.45, 7) is 2.41. The molecule has 1 aliphatic heterocycles. The van der Waals surface area contributed by atoms with Gasteiger partial charge in [0.1, 0.15) is 34.9 Å². The zero-order valence-corrected chi connectivity index (χ0v) is 17.0. The molecule has 1 fully saturated rings. The number of aliphatic hydroxyl groups excluding tert-OH is 1. The molecule has 2 heterocycles. The second-order valence-corrected chi connectivity index (χ2v) is 7.16. The van der Waals surface area contributed by atoms with Crippen molar-refractivity contribution in [2.45, 2.75) is 19.4 Å². The molecule has 0 spiro atoms. The lowest BCUT2D eigenvalue weighted by Crippen LogP contribution is -2.30. The minimum atomic E-state index is -1.25. The lowest BCUT2D eigenvalue weighted by atomic mass is 9.99. The highest BCUT2D eigenvalue weighted by Crippen LogP contribution is 2.43. The van der Waals surface area contributed by atoms with Gasteiger partial charge in [0.2, 0.25) is 0 Å². The molecule has 6 nitrogen and oxygen atoms in total. The van der Waals surface area contributed by atoms with Crippen molar-refractivity contribution in [1.29, 1.82) is 0 Å². The van der Waals surface area contributed by atoms with E-state index in [0.717, 1.165) is 23.5 Å². The second-order valence-electron chi connectivity index (χ2n) is 7.16. The van der Waals surface area contributed by atoms with E-state index >= 15 is 0 Å². The Morgan fingerprint density at radius 2 is 1.94 bits per heavy atom. The van der Waals surface area contributed by atoms with E-state index < -0.39 is 35.1 Å². The van der Waals surface area contributed by atoms with Crippen molar-refractivity contribution in [3.8, 4) is 5.75 Å². The van der Waals surface area contributed by atoms with Crippen LogP contribution in [0.1, 0.15) is 30.7 Å². The highest BCUT2D eigenvalue weighted by molar-refractivity contribution is 6.51. The van der Waals surface area contributed by atoms with Crippen molar-refractivity contribution in [3.05, 3.63) is 89.4 Å². The van der Waals surface area contributed by atoms with Crippen LogP contribution in [0.5, 0.6) is 5.75 Å². The average Bonchev–Trinajstić information content (AvgIpc) is 3.40. The minimum absolute atomic E-state index is 0.132. The maximum absolute atomic E-state index is 14.6. The summed E-state index contributed by atoms with van der Waals surface area (Å²) in [4.78, 5) is 26.7. The first-order valence-corrected chi connectivity index (χ1v) is 9.95. The molecule has 1 amide bonds. The van der Waals surface area contributed by atoms with Gasteiger partial charge in [-0.25, -0.2) is 8.78 Å². The van der Waals surface area contributed by atoms with Crippen molar-refractivity contribution < 1.29 is 32.6 Å². The molecule has 3 aromatic rings. The first kappa shape index (κ1) is 21.3. The molecule has 2 aromatic carbocycles. The Morgan fingerprint density at radius 3 is 2.62 bits per heavy atom. The summed E-state index contributed by atoms with van der Waals surface area (Å²) in [6, 6.07) is 10.9. The molecule has 0 radical (unpaired) electrons. The maximum Gasteiger partial charge on any atom is 0.300 e. The normalized spacial score (nSPS) is 17.7. The number of hydrogen-bond acceptors (Lipinski definition) is 5. The van der Waals surface area contributed by atoms with Crippen LogP contribution in [0.3, 0.4) is 0 Å². The van der Waals surface area contributed by atoms with Crippen molar-refractivity contribution in [2.24, 2.45) is 0 Å². The Hall–Kier alpha value is -3.94. The molecule has 1 aliphatic rings. The summed E-state index contributed by atoms with van der Waals surface area (Å²) in [5, 5.41) is 11.0. The minimum Gasteiger partial charge on any atom is -0.507 e. The van der Waals surface area contributed by atoms with Gasteiger partial charge < -0.3 is 14.3 Å². The topological polar surface area (TPSA) is 80.0 Å².